The molecule has 0 saturated carbocycles. The lowest BCUT2D eigenvalue weighted by molar-refractivity contribution is 0.0655. The Bertz CT molecular complexity index is 410. The number of rotatable bonds is 3. The van der Waals surface area contributed by atoms with Gasteiger partial charge in [-0.05, 0) is 12.1 Å². The molecule has 1 aromatic heterocycles. The van der Waals surface area contributed by atoms with Crippen molar-refractivity contribution >= 4 is 28.8 Å². The summed E-state index contributed by atoms with van der Waals surface area (Å²) in [5.41, 5.74) is 0. The van der Waals surface area contributed by atoms with Crippen LogP contribution in [0.5, 0.6) is 0 Å². The van der Waals surface area contributed by atoms with E-state index in [1.54, 1.807) is 12.1 Å². The Balaban J connectivity index is 1.92. The van der Waals surface area contributed by atoms with Gasteiger partial charge in [0, 0.05) is 32.7 Å². The first-order chi connectivity index (χ1) is 8.20. The quantitative estimate of drug-likeness (QED) is 0.787. The molecule has 0 spiro atoms. The molecule has 1 fully saturated rings. The Labute approximate surface area is 110 Å². The van der Waals surface area contributed by atoms with Gasteiger partial charge in [0.05, 0.1) is 9.21 Å². The lowest BCUT2D eigenvalue weighted by atomic mass is 10.3. The molecule has 2 rings (SSSR count). The first-order valence-electron chi connectivity index (χ1n) is 5.58. The molecule has 3 nitrogen and oxygen atoms in total. The van der Waals surface area contributed by atoms with E-state index in [0.717, 1.165) is 37.6 Å². The lowest BCUT2D eigenvalue weighted by Gasteiger charge is -2.33. The smallest absolute Gasteiger partial charge is 0.264 e. The zero-order valence-electron chi connectivity index (χ0n) is 9.56. The van der Waals surface area contributed by atoms with Crippen LogP contribution in [0.4, 0.5) is 0 Å². The molecular weight excluding hydrogens is 256 g/mol. The third-order valence-electron chi connectivity index (χ3n) is 2.83. The van der Waals surface area contributed by atoms with Gasteiger partial charge in [0.15, 0.2) is 0 Å². The van der Waals surface area contributed by atoms with Gasteiger partial charge in [-0.1, -0.05) is 17.7 Å². The third-order valence-corrected chi connectivity index (χ3v) is 4.05. The minimum Gasteiger partial charge on any atom is -0.335 e. The second-order valence-corrected chi connectivity index (χ2v) is 5.70. The number of thiophene rings is 1. The van der Waals surface area contributed by atoms with Crippen LogP contribution in [0.1, 0.15) is 9.67 Å². The first kappa shape index (κ1) is 12.6. The number of carbonyl (C=O) groups excluding carboxylic acids is 1. The van der Waals surface area contributed by atoms with Crippen molar-refractivity contribution in [3.8, 4) is 0 Å². The van der Waals surface area contributed by atoms with E-state index in [9.17, 15) is 4.79 Å². The van der Waals surface area contributed by atoms with E-state index in [2.05, 4.69) is 11.5 Å². The fraction of sp³-hybridized carbons (Fsp3) is 0.417. The Hall–Kier alpha value is -0.840. The summed E-state index contributed by atoms with van der Waals surface area (Å²) in [5, 5.41) is 0. The van der Waals surface area contributed by atoms with Crippen LogP contribution in [0.15, 0.2) is 24.8 Å². The lowest BCUT2D eigenvalue weighted by Crippen LogP contribution is -2.48. The predicted molar refractivity (Wildman–Crippen MR) is 71.9 cm³/mol. The summed E-state index contributed by atoms with van der Waals surface area (Å²) in [7, 11) is 0. The molecular formula is C12H15ClN2OS. The summed E-state index contributed by atoms with van der Waals surface area (Å²) in [4.78, 5) is 17.0. The van der Waals surface area contributed by atoms with Crippen LogP contribution >= 0.6 is 22.9 Å². The zero-order valence-corrected chi connectivity index (χ0v) is 11.1. The molecule has 0 bridgehead atoms. The van der Waals surface area contributed by atoms with Gasteiger partial charge in [0.1, 0.15) is 0 Å². The van der Waals surface area contributed by atoms with Crippen molar-refractivity contribution in [3.05, 3.63) is 34.0 Å². The Morgan fingerprint density at radius 1 is 1.41 bits per heavy atom. The molecule has 0 aliphatic carbocycles. The van der Waals surface area contributed by atoms with Crippen LogP contribution in [-0.2, 0) is 0 Å². The third kappa shape index (κ3) is 3.09. The average Bonchev–Trinajstić information content (AvgIpc) is 2.76. The van der Waals surface area contributed by atoms with Crippen LogP contribution in [0, 0.1) is 0 Å². The summed E-state index contributed by atoms with van der Waals surface area (Å²) >= 11 is 7.18. The molecule has 1 saturated heterocycles. The van der Waals surface area contributed by atoms with Crippen molar-refractivity contribution in [2.75, 3.05) is 32.7 Å². The standard InChI is InChI=1S/C12H15ClN2OS/c1-2-5-14-6-8-15(9-7-14)12(16)10-3-4-11(13)17-10/h2-4H,1,5-9H2. The van der Waals surface area contributed by atoms with Gasteiger partial charge < -0.3 is 4.90 Å². The summed E-state index contributed by atoms with van der Waals surface area (Å²) < 4.78 is 0.665. The normalized spacial score (nSPS) is 17.1. The molecule has 0 atom stereocenters. The van der Waals surface area contributed by atoms with E-state index in [0.29, 0.717) is 4.34 Å². The molecule has 1 aromatic rings. The van der Waals surface area contributed by atoms with E-state index in [1.165, 1.54) is 11.3 Å². The zero-order chi connectivity index (χ0) is 12.3. The molecule has 5 heteroatoms. The van der Waals surface area contributed by atoms with Gasteiger partial charge in [-0.2, -0.15) is 0 Å². The Morgan fingerprint density at radius 2 is 2.12 bits per heavy atom. The second kappa shape index (κ2) is 5.67. The number of hydrogen-bond donors (Lipinski definition) is 0. The highest BCUT2D eigenvalue weighted by Gasteiger charge is 2.22. The molecule has 1 aliphatic rings. The van der Waals surface area contributed by atoms with Crippen molar-refractivity contribution in [1.29, 1.82) is 0 Å². The second-order valence-electron chi connectivity index (χ2n) is 3.99. The molecule has 0 unspecified atom stereocenters. The van der Waals surface area contributed by atoms with Gasteiger partial charge in [-0.25, -0.2) is 0 Å². The van der Waals surface area contributed by atoms with Crippen molar-refractivity contribution < 1.29 is 4.79 Å². The van der Waals surface area contributed by atoms with E-state index in [4.69, 9.17) is 11.6 Å². The maximum absolute atomic E-state index is 12.1. The maximum Gasteiger partial charge on any atom is 0.264 e. The molecule has 1 amide bonds. The molecule has 0 radical (unpaired) electrons. The highest BCUT2D eigenvalue weighted by molar-refractivity contribution is 7.17. The monoisotopic (exact) mass is 270 g/mol. The summed E-state index contributed by atoms with van der Waals surface area (Å²) in [6.07, 6.45) is 1.90. The predicted octanol–water partition coefficient (Wildman–Crippen LogP) is 2.35. The molecule has 0 aromatic carbocycles. The maximum atomic E-state index is 12.1. The number of amides is 1. The highest BCUT2D eigenvalue weighted by atomic mass is 35.5. The molecule has 0 N–H and O–H groups in total. The van der Waals surface area contributed by atoms with E-state index in [-0.39, 0.29) is 5.91 Å². The number of nitrogens with zero attached hydrogens (tertiary/aromatic N) is 2. The molecule has 2 heterocycles. The van der Waals surface area contributed by atoms with E-state index in [1.807, 2.05) is 11.0 Å². The van der Waals surface area contributed by atoms with Crippen LogP contribution in [0.3, 0.4) is 0 Å². The van der Waals surface area contributed by atoms with Crippen molar-refractivity contribution in [2.24, 2.45) is 0 Å². The van der Waals surface area contributed by atoms with Crippen LogP contribution < -0.4 is 0 Å². The fourth-order valence-electron chi connectivity index (χ4n) is 1.90. The van der Waals surface area contributed by atoms with Crippen molar-refractivity contribution in [2.45, 2.75) is 0 Å². The van der Waals surface area contributed by atoms with Gasteiger partial charge >= 0.3 is 0 Å². The van der Waals surface area contributed by atoms with E-state index >= 15 is 0 Å². The largest absolute Gasteiger partial charge is 0.335 e. The van der Waals surface area contributed by atoms with Gasteiger partial charge in [0.25, 0.3) is 5.91 Å². The van der Waals surface area contributed by atoms with Gasteiger partial charge in [-0.15, -0.1) is 17.9 Å². The Morgan fingerprint density at radius 3 is 2.65 bits per heavy atom. The number of carbonyl (C=O) groups is 1. The number of piperazine rings is 1. The van der Waals surface area contributed by atoms with Crippen LogP contribution in [0.2, 0.25) is 4.34 Å². The SMILES string of the molecule is C=CCN1CCN(C(=O)c2ccc(Cl)s2)CC1. The van der Waals surface area contributed by atoms with Gasteiger partial charge in [0.2, 0.25) is 0 Å². The fourth-order valence-corrected chi connectivity index (χ4v) is 2.91. The number of hydrogen-bond acceptors (Lipinski definition) is 3. The minimum atomic E-state index is 0.0974. The topological polar surface area (TPSA) is 23.6 Å². The summed E-state index contributed by atoms with van der Waals surface area (Å²) in [5.74, 6) is 0.0974. The number of halogens is 1. The molecule has 17 heavy (non-hydrogen) atoms. The average molecular weight is 271 g/mol. The summed E-state index contributed by atoms with van der Waals surface area (Å²) in [6, 6.07) is 3.57. The highest BCUT2D eigenvalue weighted by Crippen LogP contribution is 2.23. The van der Waals surface area contributed by atoms with Crippen LogP contribution in [0.25, 0.3) is 0 Å². The van der Waals surface area contributed by atoms with E-state index < -0.39 is 0 Å². The minimum absolute atomic E-state index is 0.0974. The first-order valence-corrected chi connectivity index (χ1v) is 6.78. The van der Waals surface area contributed by atoms with Crippen molar-refractivity contribution in [3.63, 3.8) is 0 Å². The van der Waals surface area contributed by atoms with Crippen LogP contribution in [-0.4, -0.2) is 48.4 Å². The summed E-state index contributed by atoms with van der Waals surface area (Å²) in [6.45, 7) is 8.01. The van der Waals surface area contributed by atoms with Gasteiger partial charge in [-0.3, -0.25) is 9.69 Å². The molecule has 1 aliphatic heterocycles. The van der Waals surface area contributed by atoms with Crippen molar-refractivity contribution in [1.82, 2.24) is 9.80 Å². The molecule has 92 valence electrons. The Kier molecular flexibility index (Phi) is 4.20.